The molecule has 4 amide bonds. The first-order valence-electron chi connectivity index (χ1n) is 13.6. The van der Waals surface area contributed by atoms with Gasteiger partial charge in [-0.15, -0.1) is 0 Å². The van der Waals surface area contributed by atoms with Crippen molar-refractivity contribution in [3.05, 3.63) is 29.8 Å². The van der Waals surface area contributed by atoms with Gasteiger partial charge >= 0.3 is 12.0 Å². The Balaban J connectivity index is 1.13. The summed E-state index contributed by atoms with van der Waals surface area (Å²) >= 11 is 1.87. The van der Waals surface area contributed by atoms with E-state index >= 15 is 0 Å². The number of thioether (sulfide) groups is 1. The zero-order valence-corrected chi connectivity index (χ0v) is 23.3. The minimum Gasteiger partial charge on any atom is -0.482 e. The maximum absolute atomic E-state index is 12.2. The van der Waals surface area contributed by atoms with Crippen LogP contribution in [0.5, 0.6) is 5.75 Å². The molecule has 0 saturated carbocycles. The van der Waals surface area contributed by atoms with Crippen LogP contribution >= 0.6 is 11.8 Å². The lowest BCUT2D eigenvalue weighted by atomic mass is 10.0. The zero-order chi connectivity index (χ0) is 28.7. The first kappa shape index (κ1) is 31.2. The molecule has 5 N–H and O–H groups in total. The zero-order valence-electron chi connectivity index (χ0n) is 22.4. The van der Waals surface area contributed by atoms with Crippen LogP contribution in [0.25, 0.3) is 0 Å². The van der Waals surface area contributed by atoms with Gasteiger partial charge in [0, 0.05) is 48.9 Å². The molecule has 3 atom stereocenters. The number of Topliss-reactive ketones (excluding diaryl/α,β-unsaturated/α-hetero) is 1. The monoisotopic (exact) mass is 578 g/mol. The molecule has 220 valence electrons. The number of amides is 4. The van der Waals surface area contributed by atoms with Crippen LogP contribution in [-0.2, 0) is 19.1 Å². The quantitative estimate of drug-likeness (QED) is 0.120. The second-order valence-electron chi connectivity index (χ2n) is 9.69. The van der Waals surface area contributed by atoms with Crippen molar-refractivity contribution in [3.63, 3.8) is 0 Å². The number of fused-ring (bicyclic) bond motifs is 1. The summed E-state index contributed by atoms with van der Waals surface area (Å²) in [5.74, 6) is -0.203. The summed E-state index contributed by atoms with van der Waals surface area (Å²) in [7, 11) is 0. The van der Waals surface area contributed by atoms with Gasteiger partial charge in [0.1, 0.15) is 11.5 Å². The number of nitrogens with one attached hydrogen (secondary N) is 4. The Kier molecular flexibility index (Phi) is 13.0. The molecule has 0 spiro atoms. The molecule has 0 bridgehead atoms. The van der Waals surface area contributed by atoms with Gasteiger partial charge in [-0.05, 0) is 37.5 Å². The molecule has 2 fully saturated rings. The van der Waals surface area contributed by atoms with E-state index in [9.17, 15) is 24.0 Å². The highest BCUT2D eigenvalue weighted by Gasteiger charge is 2.42. The highest BCUT2D eigenvalue weighted by molar-refractivity contribution is 8.00. The number of rotatable bonds is 19. The third kappa shape index (κ3) is 11.0. The van der Waals surface area contributed by atoms with Crippen molar-refractivity contribution in [3.8, 4) is 5.75 Å². The first-order chi connectivity index (χ1) is 19.3. The maximum Gasteiger partial charge on any atom is 0.341 e. The van der Waals surface area contributed by atoms with E-state index < -0.39 is 12.6 Å². The Bertz CT molecular complexity index is 1040. The minimum absolute atomic E-state index is 0.0194. The van der Waals surface area contributed by atoms with E-state index in [1.54, 1.807) is 18.2 Å². The Hall–Kier alpha value is -3.32. The Morgan fingerprint density at radius 2 is 1.85 bits per heavy atom. The molecular weight excluding hydrogens is 540 g/mol. The number of urea groups is 1. The van der Waals surface area contributed by atoms with Gasteiger partial charge in [0.05, 0.1) is 25.3 Å². The predicted octanol–water partition coefficient (Wildman–Crippen LogP) is 1.48. The molecule has 13 heteroatoms. The van der Waals surface area contributed by atoms with E-state index in [1.165, 1.54) is 6.07 Å². The number of unbranched alkanes of at least 4 members (excludes halogenated alkanes) is 1. The molecule has 0 aromatic heterocycles. The van der Waals surface area contributed by atoms with Crippen LogP contribution in [0.2, 0.25) is 0 Å². The van der Waals surface area contributed by atoms with Crippen molar-refractivity contribution in [2.24, 2.45) is 0 Å². The molecule has 12 nitrogen and oxygen atoms in total. The number of carboxylic acids is 1. The van der Waals surface area contributed by atoms with Crippen LogP contribution in [0, 0.1) is 0 Å². The van der Waals surface area contributed by atoms with Crippen LogP contribution in [0.3, 0.4) is 0 Å². The van der Waals surface area contributed by atoms with Crippen molar-refractivity contribution in [1.82, 2.24) is 21.3 Å². The molecule has 40 heavy (non-hydrogen) atoms. The molecule has 2 saturated heterocycles. The van der Waals surface area contributed by atoms with E-state index in [-0.39, 0.29) is 54.5 Å². The lowest BCUT2D eigenvalue weighted by Gasteiger charge is -2.16. The minimum atomic E-state index is -1.10. The van der Waals surface area contributed by atoms with Gasteiger partial charge in [-0.2, -0.15) is 11.8 Å². The average molecular weight is 579 g/mol. The number of carbonyl (C=O) groups is 5. The number of benzene rings is 1. The third-order valence-corrected chi connectivity index (χ3v) is 8.06. The second-order valence-corrected chi connectivity index (χ2v) is 11.0. The average Bonchev–Trinajstić information content (AvgIpc) is 3.49. The smallest absolute Gasteiger partial charge is 0.341 e. The molecule has 0 radical (unpaired) electrons. The summed E-state index contributed by atoms with van der Waals surface area (Å²) in [4.78, 5) is 58.3. The SMILES string of the molecule is O=C(O)COc1cccc(C(=O)NCCCC(=O)CCOCCNC(=O)CCCC[C@@H]2SC[C@@H]3NC(=O)N[C@@H]32)c1. The topological polar surface area (TPSA) is 172 Å². The molecular formula is C27H38N4O8S. The summed E-state index contributed by atoms with van der Waals surface area (Å²) in [6.07, 6.45) is 4.23. The fourth-order valence-electron chi connectivity index (χ4n) is 4.50. The molecule has 2 heterocycles. The van der Waals surface area contributed by atoms with E-state index in [2.05, 4.69) is 21.3 Å². The summed E-state index contributed by atoms with van der Waals surface area (Å²) in [5.41, 5.74) is 0.342. The van der Waals surface area contributed by atoms with Gasteiger partial charge < -0.3 is 35.8 Å². The number of ketones is 1. The van der Waals surface area contributed by atoms with Crippen LogP contribution in [0.4, 0.5) is 4.79 Å². The third-order valence-electron chi connectivity index (χ3n) is 6.55. The van der Waals surface area contributed by atoms with Gasteiger partial charge in [-0.1, -0.05) is 12.5 Å². The lowest BCUT2D eigenvalue weighted by molar-refractivity contribution is -0.139. The van der Waals surface area contributed by atoms with Crippen LogP contribution < -0.4 is 26.0 Å². The van der Waals surface area contributed by atoms with E-state index in [1.807, 2.05) is 11.8 Å². The van der Waals surface area contributed by atoms with Gasteiger partial charge in [0.2, 0.25) is 5.91 Å². The standard InChI is InChI=1S/C27H38N4O8S/c32-19(6-4-11-29-26(36)18-5-3-7-20(15-18)39-16-24(34)35)10-13-38-14-12-28-23(33)9-2-1-8-22-25-21(17-40-22)30-27(37)31-25/h3,5,7,15,21-22,25H,1-2,4,6,8-14,16-17H2,(H,28,33)(H,29,36)(H,34,35)(H2,30,31,37)/t21-,22-,25-/m0/s1. The normalized spacial score (nSPS) is 19.3. The summed E-state index contributed by atoms with van der Waals surface area (Å²) in [6, 6.07) is 6.56. The largest absolute Gasteiger partial charge is 0.482 e. The summed E-state index contributed by atoms with van der Waals surface area (Å²) < 4.78 is 10.5. The van der Waals surface area contributed by atoms with Crippen molar-refractivity contribution in [1.29, 1.82) is 0 Å². The molecule has 2 aliphatic heterocycles. The number of hydrogen-bond acceptors (Lipinski definition) is 8. The number of carboxylic acid groups (broad SMARTS) is 1. The molecule has 3 rings (SSSR count). The van der Waals surface area contributed by atoms with Crippen LogP contribution in [0.15, 0.2) is 24.3 Å². The predicted molar refractivity (Wildman–Crippen MR) is 149 cm³/mol. The highest BCUT2D eigenvalue weighted by atomic mass is 32.2. The number of hydrogen-bond donors (Lipinski definition) is 5. The summed E-state index contributed by atoms with van der Waals surface area (Å²) in [6.45, 7) is 0.831. The molecule has 0 unspecified atom stereocenters. The van der Waals surface area contributed by atoms with Gasteiger partial charge in [-0.3, -0.25) is 14.4 Å². The van der Waals surface area contributed by atoms with Crippen molar-refractivity contribution >= 4 is 41.4 Å². The van der Waals surface area contributed by atoms with Gasteiger partial charge in [0.25, 0.3) is 5.91 Å². The highest BCUT2D eigenvalue weighted by Crippen LogP contribution is 2.33. The first-order valence-corrected chi connectivity index (χ1v) is 14.6. The van der Waals surface area contributed by atoms with Crippen LogP contribution in [-0.4, -0.2) is 90.7 Å². The van der Waals surface area contributed by atoms with Gasteiger partial charge in [0.15, 0.2) is 6.61 Å². The van der Waals surface area contributed by atoms with E-state index in [0.717, 1.165) is 25.0 Å². The number of aliphatic carboxylic acids is 1. The Morgan fingerprint density at radius 1 is 1.00 bits per heavy atom. The van der Waals surface area contributed by atoms with Crippen molar-refractivity contribution in [2.45, 2.75) is 62.3 Å². The number of ether oxygens (including phenoxy) is 2. The van der Waals surface area contributed by atoms with E-state index in [4.69, 9.17) is 14.6 Å². The van der Waals surface area contributed by atoms with Gasteiger partial charge in [-0.25, -0.2) is 9.59 Å². The van der Waals surface area contributed by atoms with Crippen molar-refractivity contribution < 1.29 is 38.6 Å². The Labute approximate surface area is 237 Å². The lowest BCUT2D eigenvalue weighted by Crippen LogP contribution is -2.36. The Morgan fingerprint density at radius 3 is 2.67 bits per heavy atom. The molecule has 1 aromatic rings. The number of carbonyl (C=O) groups excluding carboxylic acids is 4. The molecule has 0 aliphatic carbocycles. The summed E-state index contributed by atoms with van der Waals surface area (Å²) in [5, 5.41) is 20.5. The molecule has 2 aliphatic rings. The van der Waals surface area contributed by atoms with E-state index in [0.29, 0.717) is 49.8 Å². The molecule has 1 aromatic carbocycles. The maximum atomic E-state index is 12.2. The van der Waals surface area contributed by atoms with Crippen LogP contribution in [0.1, 0.15) is 55.3 Å². The second kappa shape index (κ2) is 16.7. The fraction of sp³-hybridized carbons (Fsp3) is 0.593. The fourth-order valence-corrected chi connectivity index (χ4v) is 6.04. The van der Waals surface area contributed by atoms with Crippen molar-refractivity contribution in [2.75, 3.05) is 38.7 Å².